The summed E-state index contributed by atoms with van der Waals surface area (Å²) in [5.74, 6) is -0.659. The van der Waals surface area contributed by atoms with Gasteiger partial charge in [-0.25, -0.2) is 4.79 Å². The second-order valence-electron chi connectivity index (χ2n) is 8.41. The number of urea groups is 1. The van der Waals surface area contributed by atoms with E-state index in [1.165, 1.54) is 4.90 Å². The molecule has 5 amide bonds. The molecule has 3 aliphatic heterocycles. The van der Waals surface area contributed by atoms with Crippen LogP contribution < -0.4 is 5.32 Å². The van der Waals surface area contributed by atoms with Crippen LogP contribution in [0.4, 0.5) is 4.79 Å². The Hall–Kier alpha value is -3.68. The monoisotopic (exact) mass is 432 g/mol. The molecule has 3 aliphatic rings. The number of hydrogen-bond acceptors (Lipinski definition) is 4. The molecule has 1 atom stereocenters. The summed E-state index contributed by atoms with van der Waals surface area (Å²) in [5.41, 5.74) is 2.19. The minimum Gasteiger partial charge on any atom is -0.337 e. The Labute approximate surface area is 185 Å². The van der Waals surface area contributed by atoms with E-state index in [0.29, 0.717) is 42.9 Å². The lowest BCUT2D eigenvalue weighted by atomic mass is 10.0. The number of likely N-dealkylation sites (tertiary alicyclic amines) is 1. The van der Waals surface area contributed by atoms with Crippen LogP contribution in [0.15, 0.2) is 48.5 Å². The summed E-state index contributed by atoms with van der Waals surface area (Å²) in [6.07, 6.45) is 1.76. The average Bonchev–Trinajstić information content (AvgIpc) is 3.36. The van der Waals surface area contributed by atoms with Crippen LogP contribution in [0.5, 0.6) is 0 Å². The van der Waals surface area contributed by atoms with Crippen molar-refractivity contribution >= 4 is 23.8 Å². The van der Waals surface area contributed by atoms with Gasteiger partial charge in [-0.3, -0.25) is 19.3 Å². The first-order chi connectivity index (χ1) is 15.5. The van der Waals surface area contributed by atoms with Gasteiger partial charge >= 0.3 is 6.03 Å². The molecule has 2 aromatic carbocycles. The zero-order valence-corrected chi connectivity index (χ0v) is 17.6. The SMILES string of the molecule is O=C(c1ccc(CN2C(=O)c3ccccc3C2=O)cc1)N1CCCC(N2CCNC2=O)C1. The van der Waals surface area contributed by atoms with Gasteiger partial charge in [0.15, 0.2) is 0 Å². The minimum absolute atomic E-state index is 0.0447. The molecule has 0 spiro atoms. The zero-order chi connectivity index (χ0) is 22.2. The third kappa shape index (κ3) is 3.51. The highest BCUT2D eigenvalue weighted by Gasteiger charge is 2.35. The van der Waals surface area contributed by atoms with Gasteiger partial charge in [0.05, 0.1) is 23.7 Å². The Morgan fingerprint density at radius 2 is 1.62 bits per heavy atom. The van der Waals surface area contributed by atoms with Gasteiger partial charge in [0.25, 0.3) is 17.7 Å². The Morgan fingerprint density at radius 1 is 0.938 bits per heavy atom. The maximum absolute atomic E-state index is 13.0. The molecule has 0 radical (unpaired) electrons. The fraction of sp³-hybridized carbons (Fsp3) is 0.333. The maximum Gasteiger partial charge on any atom is 0.317 e. The fourth-order valence-electron chi connectivity index (χ4n) is 4.73. The summed E-state index contributed by atoms with van der Waals surface area (Å²) in [4.78, 5) is 55.0. The molecule has 0 saturated carbocycles. The first-order valence-electron chi connectivity index (χ1n) is 10.9. The summed E-state index contributed by atoms with van der Waals surface area (Å²) in [7, 11) is 0. The van der Waals surface area contributed by atoms with Crippen molar-refractivity contribution in [2.24, 2.45) is 0 Å². The molecule has 2 saturated heterocycles. The molecule has 0 aliphatic carbocycles. The summed E-state index contributed by atoms with van der Waals surface area (Å²) in [6.45, 7) is 2.69. The number of nitrogens with zero attached hydrogens (tertiary/aromatic N) is 3. The van der Waals surface area contributed by atoms with Crippen molar-refractivity contribution in [3.8, 4) is 0 Å². The van der Waals surface area contributed by atoms with E-state index in [4.69, 9.17) is 0 Å². The first kappa shape index (κ1) is 20.2. The van der Waals surface area contributed by atoms with E-state index in [2.05, 4.69) is 5.32 Å². The Kier molecular flexibility index (Phi) is 5.13. The minimum atomic E-state index is -0.295. The number of piperidine rings is 1. The third-order valence-corrected chi connectivity index (χ3v) is 6.43. The normalized spacial score (nSPS) is 20.6. The lowest BCUT2D eigenvalue weighted by Crippen LogP contribution is -2.50. The Morgan fingerprint density at radius 3 is 2.25 bits per heavy atom. The molecule has 1 unspecified atom stereocenters. The number of fused-ring (bicyclic) bond motifs is 1. The highest BCUT2D eigenvalue weighted by molar-refractivity contribution is 6.21. The van der Waals surface area contributed by atoms with Crippen molar-refractivity contribution in [3.05, 3.63) is 70.8 Å². The van der Waals surface area contributed by atoms with Gasteiger partial charge in [-0.15, -0.1) is 0 Å². The molecule has 2 fully saturated rings. The molecular weight excluding hydrogens is 408 g/mol. The average molecular weight is 432 g/mol. The smallest absolute Gasteiger partial charge is 0.317 e. The number of benzene rings is 2. The van der Waals surface area contributed by atoms with Crippen LogP contribution in [0, 0.1) is 0 Å². The van der Waals surface area contributed by atoms with Crippen molar-refractivity contribution in [3.63, 3.8) is 0 Å². The van der Waals surface area contributed by atoms with Crippen molar-refractivity contribution in [2.45, 2.75) is 25.4 Å². The largest absolute Gasteiger partial charge is 0.337 e. The number of carbonyl (C=O) groups excluding carboxylic acids is 4. The second kappa shape index (κ2) is 8.11. The first-order valence-corrected chi connectivity index (χ1v) is 10.9. The lowest BCUT2D eigenvalue weighted by molar-refractivity contribution is 0.0627. The molecule has 2 aromatic rings. The number of hydrogen-bond donors (Lipinski definition) is 1. The predicted molar refractivity (Wildman–Crippen MR) is 116 cm³/mol. The number of imide groups is 1. The van der Waals surface area contributed by atoms with Crippen LogP contribution in [0.3, 0.4) is 0 Å². The van der Waals surface area contributed by atoms with Gasteiger partial charge in [0, 0.05) is 31.7 Å². The van der Waals surface area contributed by atoms with Crippen molar-refractivity contribution in [1.29, 1.82) is 0 Å². The van der Waals surface area contributed by atoms with E-state index in [-0.39, 0.29) is 36.3 Å². The van der Waals surface area contributed by atoms with Crippen LogP contribution in [-0.4, -0.2) is 70.7 Å². The molecule has 164 valence electrons. The van der Waals surface area contributed by atoms with E-state index >= 15 is 0 Å². The zero-order valence-electron chi connectivity index (χ0n) is 17.6. The van der Waals surface area contributed by atoms with Crippen LogP contribution in [0.2, 0.25) is 0 Å². The lowest BCUT2D eigenvalue weighted by Gasteiger charge is -2.37. The van der Waals surface area contributed by atoms with Crippen LogP contribution in [0.1, 0.15) is 49.5 Å². The topological polar surface area (TPSA) is 90.0 Å². The highest BCUT2D eigenvalue weighted by Crippen LogP contribution is 2.25. The van der Waals surface area contributed by atoms with Crippen LogP contribution in [0.25, 0.3) is 0 Å². The molecule has 0 bridgehead atoms. The van der Waals surface area contributed by atoms with Gasteiger partial charge in [-0.1, -0.05) is 24.3 Å². The molecule has 8 nitrogen and oxygen atoms in total. The number of carbonyl (C=O) groups is 4. The fourth-order valence-corrected chi connectivity index (χ4v) is 4.73. The molecular formula is C24H24N4O4. The van der Waals surface area contributed by atoms with E-state index in [0.717, 1.165) is 18.4 Å². The summed E-state index contributed by atoms with van der Waals surface area (Å²) < 4.78 is 0. The van der Waals surface area contributed by atoms with Gasteiger partial charge in [0.2, 0.25) is 0 Å². The summed E-state index contributed by atoms with van der Waals surface area (Å²) in [5, 5.41) is 2.82. The molecule has 32 heavy (non-hydrogen) atoms. The standard InChI is InChI=1S/C24H24N4O4/c29-21(26-12-3-4-18(15-26)27-13-11-25-24(27)32)17-9-7-16(8-10-17)14-28-22(30)19-5-1-2-6-20(19)23(28)31/h1-2,5-10,18H,3-4,11-15H2,(H,25,32). The number of rotatable bonds is 4. The second-order valence-corrected chi connectivity index (χ2v) is 8.41. The highest BCUT2D eigenvalue weighted by atomic mass is 16.2. The summed E-state index contributed by atoms with van der Waals surface area (Å²) >= 11 is 0. The Balaban J connectivity index is 1.25. The molecule has 1 N–H and O–H groups in total. The number of amides is 5. The van der Waals surface area contributed by atoms with Crippen LogP contribution in [-0.2, 0) is 6.54 Å². The Bertz CT molecular complexity index is 1060. The molecule has 8 heteroatoms. The number of nitrogens with one attached hydrogen (secondary N) is 1. The quantitative estimate of drug-likeness (QED) is 0.750. The molecule has 3 heterocycles. The molecule has 5 rings (SSSR count). The van der Waals surface area contributed by atoms with Crippen molar-refractivity contribution in [1.82, 2.24) is 20.0 Å². The van der Waals surface area contributed by atoms with E-state index in [1.54, 1.807) is 53.4 Å². The summed E-state index contributed by atoms with van der Waals surface area (Å²) in [6, 6.07) is 13.8. The van der Waals surface area contributed by atoms with E-state index < -0.39 is 0 Å². The molecule has 0 aromatic heterocycles. The van der Waals surface area contributed by atoms with Crippen molar-refractivity contribution < 1.29 is 19.2 Å². The van der Waals surface area contributed by atoms with E-state index in [9.17, 15) is 19.2 Å². The third-order valence-electron chi connectivity index (χ3n) is 6.43. The maximum atomic E-state index is 13.0. The van der Waals surface area contributed by atoms with E-state index in [1.807, 2.05) is 4.90 Å². The van der Waals surface area contributed by atoms with Gasteiger partial charge in [-0.05, 0) is 42.7 Å². The van der Waals surface area contributed by atoms with Crippen molar-refractivity contribution in [2.75, 3.05) is 26.2 Å². The predicted octanol–water partition coefficient (Wildman–Crippen LogP) is 2.11. The van der Waals surface area contributed by atoms with Gasteiger partial charge in [0.1, 0.15) is 0 Å². The van der Waals surface area contributed by atoms with Gasteiger partial charge in [-0.2, -0.15) is 0 Å². The van der Waals surface area contributed by atoms with Gasteiger partial charge < -0.3 is 15.1 Å². The van der Waals surface area contributed by atoms with Crippen LogP contribution >= 0.6 is 0 Å².